The van der Waals surface area contributed by atoms with Crippen molar-refractivity contribution in [3.8, 4) is 11.5 Å². The molecule has 3 N–H and O–H groups in total. The van der Waals surface area contributed by atoms with Crippen molar-refractivity contribution in [3.63, 3.8) is 0 Å². The van der Waals surface area contributed by atoms with Crippen molar-refractivity contribution >= 4 is 11.6 Å². The van der Waals surface area contributed by atoms with Gasteiger partial charge in [0.1, 0.15) is 22.3 Å². The average molecular weight is 336 g/mol. The molecule has 0 heterocycles. The molecule has 3 nitrogen and oxygen atoms in total. The highest BCUT2D eigenvalue weighted by Crippen LogP contribution is 2.35. The third-order valence-electron chi connectivity index (χ3n) is 2.91. The van der Waals surface area contributed by atoms with Gasteiger partial charge in [0.25, 0.3) is 0 Å². The van der Waals surface area contributed by atoms with Crippen molar-refractivity contribution in [2.75, 3.05) is 0 Å². The number of benzene rings is 2. The summed E-state index contributed by atoms with van der Waals surface area (Å²) < 4.78 is 53.1. The number of phenols is 1. The van der Waals surface area contributed by atoms with E-state index in [9.17, 15) is 22.7 Å². The molecule has 2 aromatic rings. The molecule has 0 fully saturated rings. The van der Waals surface area contributed by atoms with Gasteiger partial charge < -0.3 is 15.6 Å². The van der Waals surface area contributed by atoms with Crippen molar-refractivity contribution < 1.29 is 27.4 Å². The number of hydrogen-bond acceptors (Lipinski definition) is 3. The fraction of sp³-hybridized carbons (Fsp3) is 0.143. The van der Waals surface area contributed by atoms with Gasteiger partial charge in [0.05, 0.1) is 6.04 Å². The molecule has 2 rings (SSSR count). The Morgan fingerprint density at radius 2 is 1.68 bits per heavy atom. The van der Waals surface area contributed by atoms with E-state index in [1.165, 1.54) is 18.2 Å². The summed E-state index contributed by atoms with van der Waals surface area (Å²) in [6.45, 7) is 0. The maximum Gasteiger partial charge on any atom is 0.573 e. The molecule has 0 radical (unpaired) electrons. The zero-order chi connectivity index (χ0) is 16.5. The summed E-state index contributed by atoms with van der Waals surface area (Å²) in [6, 6.07) is 6.19. The first-order valence-corrected chi connectivity index (χ1v) is 6.35. The largest absolute Gasteiger partial charge is 0.573 e. The second-order valence-electron chi connectivity index (χ2n) is 4.39. The van der Waals surface area contributed by atoms with Crippen molar-refractivity contribution in [1.29, 1.82) is 0 Å². The van der Waals surface area contributed by atoms with Crippen molar-refractivity contribution in [2.24, 2.45) is 5.73 Å². The van der Waals surface area contributed by atoms with Gasteiger partial charge in [-0.3, -0.25) is 0 Å². The number of aromatic hydroxyl groups is 1. The molecular formula is C14H10ClF4NO2. The summed E-state index contributed by atoms with van der Waals surface area (Å²) in [4.78, 5) is 0. The quantitative estimate of drug-likeness (QED) is 0.829. The Hall–Kier alpha value is -1.99. The molecular weight excluding hydrogens is 326 g/mol. The minimum atomic E-state index is -4.79. The second-order valence-corrected chi connectivity index (χ2v) is 4.77. The molecule has 1 atom stereocenters. The molecule has 0 aliphatic heterocycles. The van der Waals surface area contributed by atoms with Crippen LogP contribution in [-0.4, -0.2) is 11.5 Å². The Morgan fingerprint density at radius 3 is 2.23 bits per heavy atom. The molecule has 22 heavy (non-hydrogen) atoms. The van der Waals surface area contributed by atoms with Crippen molar-refractivity contribution in [3.05, 3.63) is 58.4 Å². The van der Waals surface area contributed by atoms with Crippen molar-refractivity contribution in [1.82, 2.24) is 0 Å². The van der Waals surface area contributed by atoms with Gasteiger partial charge in [-0.05, 0) is 23.8 Å². The maximum absolute atomic E-state index is 13.2. The molecule has 0 saturated heterocycles. The zero-order valence-corrected chi connectivity index (χ0v) is 11.6. The van der Waals surface area contributed by atoms with Gasteiger partial charge in [-0.25, -0.2) is 4.39 Å². The van der Waals surface area contributed by atoms with E-state index in [4.69, 9.17) is 17.3 Å². The van der Waals surface area contributed by atoms with Gasteiger partial charge in [-0.15, -0.1) is 13.2 Å². The minimum absolute atomic E-state index is 0.149. The highest BCUT2D eigenvalue weighted by molar-refractivity contribution is 6.32. The molecule has 0 aliphatic carbocycles. The van der Waals surface area contributed by atoms with E-state index in [1.807, 2.05) is 0 Å². The van der Waals surface area contributed by atoms with Gasteiger partial charge >= 0.3 is 6.36 Å². The van der Waals surface area contributed by atoms with Crippen LogP contribution < -0.4 is 10.5 Å². The number of ether oxygens (including phenoxy) is 1. The molecule has 0 saturated carbocycles. The summed E-state index contributed by atoms with van der Waals surface area (Å²) in [5, 5.41) is 9.32. The lowest BCUT2D eigenvalue weighted by molar-refractivity contribution is -0.274. The number of alkyl halides is 3. The number of phenolic OH excluding ortho intramolecular Hbond substituents is 1. The molecule has 8 heteroatoms. The molecule has 118 valence electrons. The van der Waals surface area contributed by atoms with E-state index < -0.39 is 34.7 Å². The van der Waals surface area contributed by atoms with Gasteiger partial charge in [0.2, 0.25) is 0 Å². The first-order chi connectivity index (χ1) is 10.2. The van der Waals surface area contributed by atoms with Crippen LogP contribution >= 0.6 is 11.6 Å². The molecule has 0 aromatic heterocycles. The van der Waals surface area contributed by atoms with Crippen LogP contribution in [0.1, 0.15) is 17.2 Å². The van der Waals surface area contributed by atoms with E-state index in [-0.39, 0.29) is 5.56 Å². The molecule has 0 unspecified atom stereocenters. The molecule has 0 bridgehead atoms. The van der Waals surface area contributed by atoms with Gasteiger partial charge in [0, 0.05) is 5.56 Å². The monoisotopic (exact) mass is 335 g/mol. The normalized spacial score (nSPS) is 13.0. The third-order valence-corrected chi connectivity index (χ3v) is 3.27. The first-order valence-electron chi connectivity index (χ1n) is 5.97. The Kier molecular flexibility index (Phi) is 4.48. The van der Waals surface area contributed by atoms with Crippen LogP contribution in [0.4, 0.5) is 17.6 Å². The zero-order valence-electron chi connectivity index (χ0n) is 10.9. The van der Waals surface area contributed by atoms with Crippen LogP contribution in [0.2, 0.25) is 5.02 Å². The second kappa shape index (κ2) is 6.02. The van der Waals surface area contributed by atoms with Crippen LogP contribution in [0.25, 0.3) is 0 Å². The number of nitrogens with two attached hydrogens (primary N) is 1. The van der Waals surface area contributed by atoms with Crippen molar-refractivity contribution in [2.45, 2.75) is 12.4 Å². The molecule has 0 amide bonds. The summed E-state index contributed by atoms with van der Waals surface area (Å²) in [5.74, 6) is -1.71. The van der Waals surface area contributed by atoms with E-state index in [0.717, 1.165) is 18.2 Å². The molecule has 2 aromatic carbocycles. The fourth-order valence-corrected chi connectivity index (χ4v) is 2.03. The molecule has 0 spiro atoms. The standard InChI is InChI=1S/C14H10ClF4NO2/c15-11-10(16)6-5-9(13(11)21)12(20)7-1-3-8(4-2-7)22-14(17,18)19/h1-6,12,21H,20H2/t12-/m0/s1. The Morgan fingerprint density at radius 1 is 1.09 bits per heavy atom. The molecule has 0 aliphatic rings. The van der Waals surface area contributed by atoms with Gasteiger partial charge in [-0.2, -0.15) is 0 Å². The van der Waals surface area contributed by atoms with Crippen LogP contribution in [-0.2, 0) is 0 Å². The number of halogens is 5. The smallest absolute Gasteiger partial charge is 0.506 e. The predicted molar refractivity (Wildman–Crippen MR) is 72.2 cm³/mol. The highest BCUT2D eigenvalue weighted by Gasteiger charge is 2.31. The van der Waals surface area contributed by atoms with E-state index in [0.29, 0.717) is 5.56 Å². The highest BCUT2D eigenvalue weighted by atomic mass is 35.5. The lowest BCUT2D eigenvalue weighted by Crippen LogP contribution is -2.17. The van der Waals surface area contributed by atoms with Crippen LogP contribution in [0.15, 0.2) is 36.4 Å². The summed E-state index contributed by atoms with van der Waals surface area (Å²) >= 11 is 5.59. The topological polar surface area (TPSA) is 55.5 Å². The van der Waals surface area contributed by atoms with Crippen LogP contribution in [0.3, 0.4) is 0 Å². The first kappa shape index (κ1) is 16.4. The van der Waals surface area contributed by atoms with Gasteiger partial charge in [0.15, 0.2) is 0 Å². The summed E-state index contributed by atoms with van der Waals surface area (Å²) in [5.41, 5.74) is 6.45. The Bertz CT molecular complexity index is 674. The van der Waals surface area contributed by atoms with Gasteiger partial charge in [-0.1, -0.05) is 29.8 Å². The predicted octanol–water partition coefficient (Wildman–Crippen LogP) is 4.13. The van der Waals surface area contributed by atoms with E-state index in [2.05, 4.69) is 4.74 Å². The minimum Gasteiger partial charge on any atom is -0.506 e. The summed E-state index contributed by atoms with van der Waals surface area (Å²) in [7, 11) is 0. The van der Waals surface area contributed by atoms with Crippen LogP contribution in [0, 0.1) is 5.82 Å². The third kappa shape index (κ3) is 3.61. The average Bonchev–Trinajstić information content (AvgIpc) is 2.43. The lowest BCUT2D eigenvalue weighted by Gasteiger charge is -2.16. The number of hydrogen-bond donors (Lipinski definition) is 2. The number of rotatable bonds is 3. The SMILES string of the molecule is N[C@@H](c1ccc(OC(F)(F)F)cc1)c1ccc(F)c(Cl)c1O. The fourth-order valence-electron chi connectivity index (χ4n) is 1.86. The van der Waals surface area contributed by atoms with Crippen LogP contribution in [0.5, 0.6) is 11.5 Å². The Labute approximate surface area is 127 Å². The Balaban J connectivity index is 2.27. The summed E-state index contributed by atoms with van der Waals surface area (Å²) in [6.07, 6.45) is -4.79. The lowest BCUT2D eigenvalue weighted by atomic mass is 9.98. The van der Waals surface area contributed by atoms with E-state index in [1.54, 1.807) is 0 Å². The van der Waals surface area contributed by atoms with E-state index >= 15 is 0 Å². The maximum atomic E-state index is 13.2.